The maximum Gasteiger partial charge on any atom is 0.131 e. The Balaban J connectivity index is 1.83. The first-order chi connectivity index (χ1) is 11.0. The van der Waals surface area contributed by atoms with E-state index in [4.69, 9.17) is 14.2 Å². The van der Waals surface area contributed by atoms with E-state index in [1.165, 1.54) is 0 Å². The van der Waals surface area contributed by atoms with Gasteiger partial charge in [-0.15, -0.1) is 0 Å². The first-order valence-electron chi connectivity index (χ1n) is 8.13. The third kappa shape index (κ3) is 2.42. The molecule has 0 spiro atoms. The molecule has 1 aromatic rings. The molecule has 0 radical (unpaired) electrons. The number of hydrogen-bond donors (Lipinski definition) is 1. The molecule has 0 aliphatic carbocycles. The molecular formula is C18H25NO4. The Bertz CT molecular complexity index is 615. The third-order valence-corrected chi connectivity index (χ3v) is 5.28. The Labute approximate surface area is 137 Å². The Morgan fingerprint density at radius 1 is 1.35 bits per heavy atom. The van der Waals surface area contributed by atoms with Crippen LogP contribution >= 0.6 is 0 Å². The van der Waals surface area contributed by atoms with E-state index in [0.29, 0.717) is 12.3 Å². The second-order valence-corrected chi connectivity index (χ2v) is 6.95. The number of methoxy groups -OCH3 is 1. The monoisotopic (exact) mass is 319 g/mol. The van der Waals surface area contributed by atoms with Gasteiger partial charge in [-0.05, 0) is 31.7 Å². The molecule has 3 rings (SSSR count). The van der Waals surface area contributed by atoms with Gasteiger partial charge in [0.1, 0.15) is 23.2 Å². The molecule has 2 aliphatic heterocycles. The first-order valence-corrected chi connectivity index (χ1v) is 8.13. The Hall–Kier alpha value is -1.59. The molecule has 126 valence electrons. The van der Waals surface area contributed by atoms with Crippen LogP contribution in [0.1, 0.15) is 39.2 Å². The normalized spacial score (nSPS) is 34.5. The number of oxime groups is 1. The maximum absolute atomic E-state index is 9.59. The summed E-state index contributed by atoms with van der Waals surface area (Å²) in [4.78, 5) is 0. The molecule has 0 saturated carbocycles. The topological polar surface area (TPSA) is 60.3 Å². The number of nitrogens with zero attached hydrogens (tertiary/aromatic N) is 1. The molecule has 5 heteroatoms. The number of ether oxygens (including phenoxy) is 3. The number of benzene rings is 1. The largest absolute Gasteiger partial charge is 0.496 e. The minimum atomic E-state index is -0.505. The minimum absolute atomic E-state index is 0.232. The van der Waals surface area contributed by atoms with Crippen LogP contribution in [0.4, 0.5) is 0 Å². The number of fused-ring (bicyclic) bond motifs is 2. The summed E-state index contributed by atoms with van der Waals surface area (Å²) in [6.07, 6.45) is 1.43. The molecule has 3 atom stereocenters. The van der Waals surface area contributed by atoms with Crippen LogP contribution in [0.5, 0.6) is 5.75 Å². The summed E-state index contributed by atoms with van der Waals surface area (Å²) in [5.41, 5.74) is 0.649. The van der Waals surface area contributed by atoms with Crippen LogP contribution in [0.15, 0.2) is 29.4 Å². The lowest BCUT2D eigenvalue weighted by Crippen LogP contribution is -2.48. The molecule has 2 bridgehead atoms. The number of hydrogen-bond acceptors (Lipinski definition) is 5. The van der Waals surface area contributed by atoms with E-state index in [9.17, 15) is 5.21 Å². The van der Waals surface area contributed by atoms with Crippen molar-refractivity contribution < 1.29 is 19.4 Å². The van der Waals surface area contributed by atoms with E-state index in [1.54, 1.807) is 7.11 Å². The lowest BCUT2D eigenvalue weighted by atomic mass is 9.74. The lowest BCUT2D eigenvalue weighted by Gasteiger charge is -2.32. The molecule has 2 heterocycles. The number of rotatable bonds is 5. The summed E-state index contributed by atoms with van der Waals surface area (Å²) in [6, 6.07) is 7.77. The van der Waals surface area contributed by atoms with Crippen LogP contribution in [0.3, 0.4) is 0 Å². The van der Waals surface area contributed by atoms with Gasteiger partial charge in [0, 0.05) is 5.56 Å². The predicted molar refractivity (Wildman–Crippen MR) is 87.1 cm³/mol. The Morgan fingerprint density at radius 3 is 2.74 bits per heavy atom. The molecule has 0 unspecified atom stereocenters. The van der Waals surface area contributed by atoms with Gasteiger partial charge in [-0.3, -0.25) is 0 Å². The third-order valence-electron chi connectivity index (χ3n) is 5.28. The smallest absolute Gasteiger partial charge is 0.131 e. The molecule has 0 aromatic heterocycles. The zero-order valence-electron chi connectivity index (χ0n) is 14.2. The van der Waals surface area contributed by atoms with Crippen molar-refractivity contribution in [2.45, 2.75) is 57.5 Å². The fraction of sp³-hybridized carbons (Fsp3) is 0.611. The van der Waals surface area contributed by atoms with Gasteiger partial charge in [0.25, 0.3) is 0 Å². The highest BCUT2D eigenvalue weighted by Gasteiger charge is 2.65. The molecule has 23 heavy (non-hydrogen) atoms. The summed E-state index contributed by atoms with van der Waals surface area (Å²) in [7, 11) is 1.65. The van der Waals surface area contributed by atoms with Crippen molar-refractivity contribution in [3.63, 3.8) is 0 Å². The van der Waals surface area contributed by atoms with Crippen LogP contribution in [-0.2, 0) is 16.1 Å². The molecule has 2 saturated heterocycles. The van der Waals surface area contributed by atoms with E-state index in [1.807, 2.05) is 31.2 Å². The number of para-hydroxylation sites is 1. The first kappa shape index (κ1) is 16.3. The molecule has 1 aromatic carbocycles. The zero-order valence-corrected chi connectivity index (χ0v) is 14.2. The van der Waals surface area contributed by atoms with Gasteiger partial charge in [0.05, 0.1) is 19.3 Å². The standard InChI is InChI=1S/C18H25NO4/c1-12(2)18-10-9-17(3,23-18)16(15(18)19-20)22-11-13-7-5-6-8-14(13)21-4/h5-8,12,16,20H,9-11H2,1-4H3/t16-,17+,18+/m1/s1. The summed E-state index contributed by atoms with van der Waals surface area (Å²) in [5.74, 6) is 1.03. The fourth-order valence-corrected chi connectivity index (χ4v) is 3.92. The van der Waals surface area contributed by atoms with Gasteiger partial charge in [-0.1, -0.05) is 37.2 Å². The van der Waals surface area contributed by atoms with E-state index in [0.717, 1.165) is 24.2 Å². The van der Waals surface area contributed by atoms with Gasteiger partial charge < -0.3 is 19.4 Å². The lowest BCUT2D eigenvalue weighted by molar-refractivity contribution is -0.0960. The van der Waals surface area contributed by atoms with Crippen LogP contribution in [-0.4, -0.2) is 35.3 Å². The highest BCUT2D eigenvalue weighted by atomic mass is 16.6. The summed E-state index contributed by atoms with van der Waals surface area (Å²) < 4.78 is 17.8. The quantitative estimate of drug-likeness (QED) is 0.667. The van der Waals surface area contributed by atoms with Crippen molar-refractivity contribution in [2.75, 3.05) is 7.11 Å². The van der Waals surface area contributed by atoms with Crippen LogP contribution in [0.25, 0.3) is 0 Å². The van der Waals surface area contributed by atoms with Crippen LogP contribution < -0.4 is 4.74 Å². The molecule has 0 amide bonds. The van der Waals surface area contributed by atoms with E-state index < -0.39 is 11.2 Å². The minimum Gasteiger partial charge on any atom is -0.496 e. The molecule has 2 aliphatic rings. The van der Waals surface area contributed by atoms with Crippen molar-refractivity contribution in [3.05, 3.63) is 29.8 Å². The maximum atomic E-state index is 9.59. The van der Waals surface area contributed by atoms with Crippen molar-refractivity contribution in [1.82, 2.24) is 0 Å². The second-order valence-electron chi connectivity index (χ2n) is 6.95. The van der Waals surface area contributed by atoms with Gasteiger partial charge in [-0.25, -0.2) is 0 Å². The predicted octanol–water partition coefficient (Wildman–Crippen LogP) is 3.39. The van der Waals surface area contributed by atoms with Gasteiger partial charge in [0.2, 0.25) is 0 Å². The molecule has 2 fully saturated rings. The van der Waals surface area contributed by atoms with Gasteiger partial charge in [-0.2, -0.15) is 0 Å². The Morgan fingerprint density at radius 2 is 2.09 bits per heavy atom. The summed E-state index contributed by atoms with van der Waals surface area (Å²) in [5, 5.41) is 13.2. The van der Waals surface area contributed by atoms with Crippen molar-refractivity contribution in [2.24, 2.45) is 11.1 Å². The second kappa shape index (κ2) is 5.80. The van der Waals surface area contributed by atoms with Crippen LogP contribution in [0, 0.1) is 5.92 Å². The fourth-order valence-electron chi connectivity index (χ4n) is 3.92. The van der Waals surface area contributed by atoms with Crippen LogP contribution in [0.2, 0.25) is 0 Å². The average molecular weight is 319 g/mol. The highest BCUT2D eigenvalue weighted by molar-refractivity contribution is 6.00. The van der Waals surface area contributed by atoms with Crippen molar-refractivity contribution >= 4 is 5.71 Å². The van der Waals surface area contributed by atoms with E-state index in [2.05, 4.69) is 19.0 Å². The molecular weight excluding hydrogens is 294 g/mol. The molecule has 5 nitrogen and oxygen atoms in total. The van der Waals surface area contributed by atoms with Gasteiger partial charge in [0.15, 0.2) is 0 Å². The SMILES string of the molecule is COc1ccccc1CO[C@@H]1C(=NO)[C@@]2(C(C)C)CC[C@]1(C)O2. The molecule has 1 N–H and O–H groups in total. The van der Waals surface area contributed by atoms with Crippen molar-refractivity contribution in [3.8, 4) is 5.75 Å². The zero-order chi connectivity index (χ0) is 16.7. The highest BCUT2D eigenvalue weighted by Crippen LogP contribution is 2.53. The average Bonchev–Trinajstić information content (AvgIpc) is 3.03. The summed E-state index contributed by atoms with van der Waals surface area (Å²) >= 11 is 0. The Kier molecular flexibility index (Phi) is 4.10. The van der Waals surface area contributed by atoms with Gasteiger partial charge >= 0.3 is 0 Å². The summed E-state index contributed by atoms with van der Waals surface area (Å²) in [6.45, 7) is 6.63. The van der Waals surface area contributed by atoms with E-state index in [-0.39, 0.29) is 12.0 Å². The van der Waals surface area contributed by atoms with E-state index >= 15 is 0 Å². The van der Waals surface area contributed by atoms with Crippen molar-refractivity contribution in [1.29, 1.82) is 0 Å².